The normalized spacial score (nSPS) is 16.6. The summed E-state index contributed by atoms with van der Waals surface area (Å²) < 4.78 is 27.8. The summed E-state index contributed by atoms with van der Waals surface area (Å²) in [5, 5.41) is 3.19. The number of nitrogens with zero attached hydrogens (tertiary/aromatic N) is 1. The van der Waals surface area contributed by atoms with Crippen molar-refractivity contribution in [1.82, 2.24) is 5.32 Å². The maximum atomic E-state index is 14.0. The first-order valence-electron chi connectivity index (χ1n) is 6.05. The van der Waals surface area contributed by atoms with Gasteiger partial charge in [0.25, 0.3) is 0 Å². The Morgan fingerprint density at radius 1 is 1.12 bits per heavy atom. The van der Waals surface area contributed by atoms with Crippen LogP contribution >= 0.6 is 0 Å². The Labute approximate surface area is 101 Å². The number of nitrogens with one attached hydrogen (secondary N) is 1. The second-order valence-corrected chi connectivity index (χ2v) is 4.69. The van der Waals surface area contributed by atoms with E-state index in [2.05, 4.69) is 5.32 Å². The molecule has 94 valence electrons. The minimum Gasteiger partial charge on any atom is -0.367 e. The fraction of sp³-hybridized carbons (Fsp3) is 0.538. The zero-order valence-electron chi connectivity index (χ0n) is 10.3. The standard InChI is InChI=1S/C13H18F2N2/c1-9(2)10-3-4-11(13(15)12(10)14)17-7-5-16-6-8-17/h3-4,9,16H,5-8H2,1-2H3. The molecule has 1 aromatic carbocycles. The van der Waals surface area contributed by atoms with Crippen LogP contribution < -0.4 is 10.2 Å². The summed E-state index contributed by atoms with van der Waals surface area (Å²) >= 11 is 0. The Hall–Kier alpha value is -1.16. The molecule has 17 heavy (non-hydrogen) atoms. The van der Waals surface area contributed by atoms with Gasteiger partial charge in [0.15, 0.2) is 11.6 Å². The largest absolute Gasteiger partial charge is 0.367 e. The van der Waals surface area contributed by atoms with E-state index in [1.54, 1.807) is 12.1 Å². The molecule has 0 aliphatic carbocycles. The molecule has 0 unspecified atom stereocenters. The highest BCUT2D eigenvalue weighted by Gasteiger charge is 2.20. The van der Waals surface area contributed by atoms with Gasteiger partial charge in [-0.15, -0.1) is 0 Å². The Morgan fingerprint density at radius 2 is 1.76 bits per heavy atom. The van der Waals surface area contributed by atoms with Crippen molar-refractivity contribution in [2.45, 2.75) is 19.8 Å². The third-order valence-electron chi connectivity index (χ3n) is 3.17. The highest BCUT2D eigenvalue weighted by molar-refractivity contribution is 5.50. The number of halogens is 2. The van der Waals surface area contributed by atoms with E-state index >= 15 is 0 Å². The van der Waals surface area contributed by atoms with Crippen LogP contribution in [-0.4, -0.2) is 26.2 Å². The van der Waals surface area contributed by atoms with E-state index in [-0.39, 0.29) is 5.92 Å². The smallest absolute Gasteiger partial charge is 0.182 e. The van der Waals surface area contributed by atoms with Gasteiger partial charge in [-0.3, -0.25) is 0 Å². The van der Waals surface area contributed by atoms with Crippen LogP contribution in [-0.2, 0) is 0 Å². The quantitative estimate of drug-likeness (QED) is 0.854. The lowest BCUT2D eigenvalue weighted by Crippen LogP contribution is -2.44. The van der Waals surface area contributed by atoms with Crippen molar-refractivity contribution in [1.29, 1.82) is 0 Å². The molecule has 1 fully saturated rings. The summed E-state index contributed by atoms with van der Waals surface area (Å²) in [7, 11) is 0. The first-order valence-corrected chi connectivity index (χ1v) is 6.05. The predicted octanol–water partition coefficient (Wildman–Crippen LogP) is 2.50. The number of rotatable bonds is 2. The van der Waals surface area contributed by atoms with Gasteiger partial charge >= 0.3 is 0 Å². The van der Waals surface area contributed by atoms with Gasteiger partial charge in [0.1, 0.15) is 0 Å². The number of anilines is 1. The first-order chi connectivity index (χ1) is 8.11. The zero-order chi connectivity index (χ0) is 12.4. The number of piperazine rings is 1. The van der Waals surface area contributed by atoms with Crippen LogP contribution in [0.2, 0.25) is 0 Å². The van der Waals surface area contributed by atoms with Gasteiger partial charge in [0.2, 0.25) is 0 Å². The first kappa shape index (κ1) is 12.3. The SMILES string of the molecule is CC(C)c1ccc(N2CCNCC2)c(F)c1F. The van der Waals surface area contributed by atoms with E-state index in [0.717, 1.165) is 26.2 Å². The third-order valence-corrected chi connectivity index (χ3v) is 3.17. The van der Waals surface area contributed by atoms with E-state index in [1.807, 2.05) is 18.7 Å². The van der Waals surface area contributed by atoms with E-state index in [9.17, 15) is 8.78 Å². The fourth-order valence-corrected chi connectivity index (χ4v) is 2.15. The molecule has 1 aliphatic rings. The topological polar surface area (TPSA) is 15.3 Å². The Morgan fingerprint density at radius 3 is 2.35 bits per heavy atom. The van der Waals surface area contributed by atoms with Gasteiger partial charge < -0.3 is 10.2 Å². The van der Waals surface area contributed by atoms with E-state index < -0.39 is 11.6 Å². The minimum absolute atomic E-state index is 0.00146. The van der Waals surface area contributed by atoms with Crippen molar-refractivity contribution in [2.24, 2.45) is 0 Å². The number of hydrogen-bond acceptors (Lipinski definition) is 2. The molecule has 1 heterocycles. The van der Waals surface area contributed by atoms with Gasteiger partial charge in [0.05, 0.1) is 5.69 Å². The molecule has 1 aliphatic heterocycles. The molecule has 0 bridgehead atoms. The second kappa shape index (κ2) is 5.00. The average Bonchev–Trinajstić information content (AvgIpc) is 2.33. The van der Waals surface area contributed by atoms with Crippen molar-refractivity contribution >= 4 is 5.69 Å². The summed E-state index contributed by atoms with van der Waals surface area (Å²) in [4.78, 5) is 1.89. The molecule has 1 N–H and O–H groups in total. The molecule has 0 saturated carbocycles. The predicted molar refractivity (Wildman–Crippen MR) is 65.5 cm³/mol. The summed E-state index contributed by atoms with van der Waals surface area (Å²) in [5.74, 6) is -1.41. The molecule has 2 nitrogen and oxygen atoms in total. The van der Waals surface area contributed by atoms with Crippen molar-refractivity contribution in [3.8, 4) is 0 Å². The molecule has 0 amide bonds. The second-order valence-electron chi connectivity index (χ2n) is 4.69. The molecule has 0 spiro atoms. The van der Waals surface area contributed by atoms with Crippen LogP contribution in [0.15, 0.2) is 12.1 Å². The average molecular weight is 240 g/mol. The lowest BCUT2D eigenvalue weighted by atomic mass is 10.0. The highest BCUT2D eigenvalue weighted by Crippen LogP contribution is 2.28. The molecular weight excluding hydrogens is 222 g/mol. The van der Waals surface area contributed by atoms with Crippen LogP contribution in [0.3, 0.4) is 0 Å². The van der Waals surface area contributed by atoms with Gasteiger partial charge in [-0.1, -0.05) is 19.9 Å². The van der Waals surface area contributed by atoms with E-state index in [0.29, 0.717) is 11.3 Å². The summed E-state index contributed by atoms with van der Waals surface area (Å²) in [6.07, 6.45) is 0. The summed E-state index contributed by atoms with van der Waals surface area (Å²) in [6, 6.07) is 3.39. The Balaban J connectivity index is 2.32. The molecule has 0 radical (unpaired) electrons. The van der Waals surface area contributed by atoms with Crippen molar-refractivity contribution in [2.75, 3.05) is 31.1 Å². The van der Waals surface area contributed by atoms with E-state index in [4.69, 9.17) is 0 Å². The van der Waals surface area contributed by atoms with Crippen LogP contribution in [0.1, 0.15) is 25.3 Å². The van der Waals surface area contributed by atoms with Crippen LogP contribution in [0, 0.1) is 11.6 Å². The summed E-state index contributed by atoms with van der Waals surface area (Å²) in [5.41, 5.74) is 0.829. The summed E-state index contributed by atoms with van der Waals surface area (Å²) in [6.45, 7) is 6.79. The van der Waals surface area contributed by atoms with Crippen LogP contribution in [0.4, 0.5) is 14.5 Å². The third kappa shape index (κ3) is 2.41. The van der Waals surface area contributed by atoms with Crippen LogP contribution in [0.25, 0.3) is 0 Å². The van der Waals surface area contributed by atoms with Crippen molar-refractivity contribution < 1.29 is 8.78 Å². The highest BCUT2D eigenvalue weighted by atomic mass is 19.2. The lowest BCUT2D eigenvalue weighted by Gasteiger charge is -2.30. The molecule has 0 atom stereocenters. The maximum Gasteiger partial charge on any atom is 0.182 e. The van der Waals surface area contributed by atoms with E-state index in [1.165, 1.54) is 0 Å². The molecular formula is C13H18F2N2. The molecule has 0 aromatic heterocycles. The van der Waals surface area contributed by atoms with Crippen molar-refractivity contribution in [3.05, 3.63) is 29.3 Å². The number of benzene rings is 1. The van der Waals surface area contributed by atoms with Gasteiger partial charge in [0, 0.05) is 26.2 Å². The molecule has 1 aromatic rings. The van der Waals surface area contributed by atoms with Crippen molar-refractivity contribution in [3.63, 3.8) is 0 Å². The monoisotopic (exact) mass is 240 g/mol. The fourth-order valence-electron chi connectivity index (χ4n) is 2.15. The minimum atomic E-state index is -0.710. The van der Waals surface area contributed by atoms with Crippen LogP contribution in [0.5, 0.6) is 0 Å². The van der Waals surface area contributed by atoms with Gasteiger partial charge in [-0.2, -0.15) is 0 Å². The maximum absolute atomic E-state index is 14.0. The van der Waals surface area contributed by atoms with Gasteiger partial charge in [-0.25, -0.2) is 8.78 Å². The molecule has 4 heteroatoms. The zero-order valence-corrected chi connectivity index (χ0v) is 10.3. The lowest BCUT2D eigenvalue weighted by molar-refractivity contribution is 0.486. The van der Waals surface area contributed by atoms with Gasteiger partial charge in [-0.05, 0) is 17.5 Å². The molecule has 1 saturated heterocycles. The molecule has 2 rings (SSSR count). The Kier molecular flexibility index (Phi) is 3.62. The number of hydrogen-bond donors (Lipinski definition) is 1. The Bertz CT molecular complexity index is 399.